The van der Waals surface area contributed by atoms with Gasteiger partial charge in [-0.15, -0.1) is 0 Å². The van der Waals surface area contributed by atoms with Gasteiger partial charge < -0.3 is 20.3 Å². The molecule has 6 heteroatoms. The van der Waals surface area contributed by atoms with Crippen molar-refractivity contribution >= 4 is 11.9 Å². The zero-order valence-corrected chi connectivity index (χ0v) is 39.0. The van der Waals surface area contributed by atoms with Crippen LogP contribution >= 0.6 is 0 Å². The summed E-state index contributed by atoms with van der Waals surface area (Å²) in [6.45, 7) is 4.90. The predicted molar refractivity (Wildman–Crippen MR) is 250 cm³/mol. The number of amides is 1. The summed E-state index contributed by atoms with van der Waals surface area (Å²) in [5.41, 5.74) is 0. The quantitative estimate of drug-likeness (QED) is 0.0323. The molecule has 0 heterocycles. The Morgan fingerprint density at radius 1 is 0.466 bits per heavy atom. The Morgan fingerprint density at radius 2 is 0.810 bits per heavy atom. The summed E-state index contributed by atoms with van der Waals surface area (Å²) in [5.74, 6) is -0.0793. The molecule has 0 aliphatic heterocycles. The predicted octanol–water partition coefficient (Wildman–Crippen LogP) is 15.3. The molecule has 0 aromatic carbocycles. The van der Waals surface area contributed by atoms with Crippen molar-refractivity contribution in [2.24, 2.45) is 0 Å². The van der Waals surface area contributed by atoms with Crippen molar-refractivity contribution in [1.82, 2.24) is 5.32 Å². The summed E-state index contributed by atoms with van der Waals surface area (Å²) in [7, 11) is 0. The maximum Gasteiger partial charge on any atom is 0.305 e. The second-order valence-corrected chi connectivity index (χ2v) is 17.9. The lowest BCUT2D eigenvalue weighted by atomic mass is 10.0. The SMILES string of the molecule is CCCCCCCCCCCCCCCCCC(=O)OCCCCC/C=C\CCCCCCCC(=O)NC(CO)C(O)CCCCCCCCCCCCCCCC. The van der Waals surface area contributed by atoms with E-state index < -0.39 is 12.1 Å². The Labute approximate surface area is 361 Å². The van der Waals surface area contributed by atoms with Crippen molar-refractivity contribution in [3.63, 3.8) is 0 Å². The van der Waals surface area contributed by atoms with Crippen LogP contribution in [0.1, 0.15) is 284 Å². The third-order valence-electron chi connectivity index (χ3n) is 12.1. The monoisotopic (exact) mass is 820 g/mol. The second-order valence-electron chi connectivity index (χ2n) is 17.9. The van der Waals surface area contributed by atoms with E-state index in [0.717, 1.165) is 77.0 Å². The molecule has 2 unspecified atom stereocenters. The highest BCUT2D eigenvalue weighted by Crippen LogP contribution is 2.16. The van der Waals surface area contributed by atoms with Gasteiger partial charge in [-0.05, 0) is 57.8 Å². The number of esters is 1. The lowest BCUT2D eigenvalue weighted by Gasteiger charge is -2.22. The van der Waals surface area contributed by atoms with E-state index in [0.29, 0.717) is 25.9 Å². The molecule has 344 valence electrons. The molecule has 2 atom stereocenters. The first-order valence-corrected chi connectivity index (χ1v) is 25.9. The average Bonchev–Trinajstić information content (AvgIpc) is 3.22. The highest BCUT2D eigenvalue weighted by Gasteiger charge is 2.20. The lowest BCUT2D eigenvalue weighted by molar-refractivity contribution is -0.143. The van der Waals surface area contributed by atoms with E-state index in [4.69, 9.17) is 4.74 Å². The van der Waals surface area contributed by atoms with Crippen LogP contribution in [0.25, 0.3) is 0 Å². The number of aliphatic hydroxyl groups is 2. The number of carbonyl (C=O) groups is 2. The van der Waals surface area contributed by atoms with Crippen LogP contribution in [0.15, 0.2) is 12.2 Å². The Hall–Kier alpha value is -1.40. The number of hydrogen-bond acceptors (Lipinski definition) is 5. The smallest absolute Gasteiger partial charge is 0.305 e. The molecule has 58 heavy (non-hydrogen) atoms. The fraction of sp³-hybridized carbons (Fsp3) is 0.923. The fourth-order valence-corrected chi connectivity index (χ4v) is 8.05. The first-order chi connectivity index (χ1) is 28.5. The molecule has 0 aliphatic carbocycles. The molecule has 0 saturated carbocycles. The first-order valence-electron chi connectivity index (χ1n) is 25.9. The Kier molecular flexibility index (Phi) is 47.1. The summed E-state index contributed by atoms with van der Waals surface area (Å²) in [5, 5.41) is 23.2. The van der Waals surface area contributed by atoms with Crippen LogP contribution < -0.4 is 5.32 Å². The minimum Gasteiger partial charge on any atom is -0.466 e. The van der Waals surface area contributed by atoms with Gasteiger partial charge in [0, 0.05) is 12.8 Å². The first kappa shape index (κ1) is 56.6. The molecule has 3 N–H and O–H groups in total. The van der Waals surface area contributed by atoms with E-state index in [-0.39, 0.29) is 18.5 Å². The van der Waals surface area contributed by atoms with Gasteiger partial charge in [0.1, 0.15) is 0 Å². The van der Waals surface area contributed by atoms with E-state index in [9.17, 15) is 19.8 Å². The number of rotatable bonds is 48. The van der Waals surface area contributed by atoms with E-state index in [1.165, 1.54) is 173 Å². The van der Waals surface area contributed by atoms with Gasteiger partial charge in [0.2, 0.25) is 5.91 Å². The molecule has 0 spiro atoms. The molecular formula is C52H101NO5. The number of ether oxygens (including phenoxy) is 1. The Balaban J connectivity index is 3.49. The zero-order chi connectivity index (χ0) is 42.3. The average molecular weight is 820 g/mol. The minimum absolute atomic E-state index is 0.0197. The number of hydrogen-bond donors (Lipinski definition) is 3. The molecule has 0 rings (SSSR count). The maximum atomic E-state index is 12.4. The van der Waals surface area contributed by atoms with Gasteiger partial charge in [-0.1, -0.05) is 225 Å². The highest BCUT2D eigenvalue weighted by molar-refractivity contribution is 5.76. The van der Waals surface area contributed by atoms with Crippen LogP contribution in [0.4, 0.5) is 0 Å². The van der Waals surface area contributed by atoms with Crippen LogP contribution in [0.2, 0.25) is 0 Å². The molecule has 0 aromatic rings. The highest BCUT2D eigenvalue weighted by atomic mass is 16.5. The van der Waals surface area contributed by atoms with E-state index in [2.05, 4.69) is 31.3 Å². The summed E-state index contributed by atoms with van der Waals surface area (Å²) >= 11 is 0. The second kappa shape index (κ2) is 48.3. The maximum absolute atomic E-state index is 12.4. The van der Waals surface area contributed by atoms with Crippen molar-refractivity contribution in [2.75, 3.05) is 13.2 Å². The Morgan fingerprint density at radius 3 is 1.22 bits per heavy atom. The van der Waals surface area contributed by atoms with Crippen molar-refractivity contribution < 1.29 is 24.5 Å². The zero-order valence-electron chi connectivity index (χ0n) is 39.0. The van der Waals surface area contributed by atoms with Gasteiger partial charge in [0.15, 0.2) is 0 Å². The summed E-state index contributed by atoms with van der Waals surface area (Å²) in [6, 6.07) is -0.558. The van der Waals surface area contributed by atoms with Gasteiger partial charge in [-0.3, -0.25) is 9.59 Å². The normalized spacial score (nSPS) is 12.7. The van der Waals surface area contributed by atoms with Gasteiger partial charge >= 0.3 is 5.97 Å². The van der Waals surface area contributed by atoms with Gasteiger partial charge in [-0.25, -0.2) is 0 Å². The van der Waals surface area contributed by atoms with E-state index >= 15 is 0 Å². The number of aliphatic hydroxyl groups excluding tert-OH is 2. The van der Waals surface area contributed by atoms with Crippen molar-refractivity contribution in [3.8, 4) is 0 Å². The van der Waals surface area contributed by atoms with Crippen LogP contribution in [-0.4, -0.2) is 47.4 Å². The number of unbranched alkanes of at least 4 members (excludes halogenated alkanes) is 35. The van der Waals surface area contributed by atoms with E-state index in [1.54, 1.807) is 0 Å². The largest absolute Gasteiger partial charge is 0.466 e. The number of nitrogens with one attached hydrogen (secondary N) is 1. The summed E-state index contributed by atoms with van der Waals surface area (Å²) < 4.78 is 5.45. The number of carbonyl (C=O) groups excluding carboxylic acids is 2. The molecule has 0 saturated heterocycles. The Bertz CT molecular complexity index is 863. The van der Waals surface area contributed by atoms with Crippen LogP contribution in [0.3, 0.4) is 0 Å². The third kappa shape index (κ3) is 44.2. The molecule has 1 amide bonds. The molecular weight excluding hydrogens is 719 g/mol. The lowest BCUT2D eigenvalue weighted by Crippen LogP contribution is -2.45. The van der Waals surface area contributed by atoms with Crippen molar-refractivity contribution in [3.05, 3.63) is 12.2 Å². The van der Waals surface area contributed by atoms with Crippen LogP contribution in [0, 0.1) is 0 Å². The molecule has 0 fully saturated rings. The third-order valence-corrected chi connectivity index (χ3v) is 12.1. The molecule has 0 bridgehead atoms. The topological polar surface area (TPSA) is 95.9 Å². The summed E-state index contributed by atoms with van der Waals surface area (Å²) in [4.78, 5) is 24.5. The van der Waals surface area contributed by atoms with Gasteiger partial charge in [-0.2, -0.15) is 0 Å². The van der Waals surface area contributed by atoms with Crippen LogP contribution in [-0.2, 0) is 14.3 Å². The summed E-state index contributed by atoms with van der Waals surface area (Å²) in [6.07, 6.45) is 54.6. The van der Waals surface area contributed by atoms with E-state index in [1.807, 2.05) is 0 Å². The standard InChI is InChI=1S/C52H101NO5/c1-3-5-7-9-11-13-15-17-19-21-26-30-34-38-42-46-52(57)58-47-43-39-35-31-27-23-22-25-29-33-37-41-45-51(56)53-49(48-54)50(55)44-40-36-32-28-24-20-18-16-14-12-10-8-6-4-2/h23,27,49-50,54-55H,3-22,24-26,28-48H2,1-2H3,(H,53,56)/b27-23-. The molecule has 6 nitrogen and oxygen atoms in total. The van der Waals surface area contributed by atoms with Crippen LogP contribution in [0.5, 0.6) is 0 Å². The molecule has 0 aliphatic rings. The fourth-order valence-electron chi connectivity index (χ4n) is 8.05. The number of allylic oxidation sites excluding steroid dienone is 2. The molecule has 0 radical (unpaired) electrons. The molecule has 0 aromatic heterocycles. The van der Waals surface area contributed by atoms with Crippen molar-refractivity contribution in [2.45, 2.75) is 296 Å². The van der Waals surface area contributed by atoms with Gasteiger partial charge in [0.25, 0.3) is 0 Å². The van der Waals surface area contributed by atoms with Gasteiger partial charge in [0.05, 0.1) is 25.4 Å². The minimum atomic E-state index is -0.678. The van der Waals surface area contributed by atoms with Crippen molar-refractivity contribution in [1.29, 1.82) is 0 Å².